The first-order valence-electron chi connectivity index (χ1n) is 5.08. The van der Waals surface area contributed by atoms with Crippen LogP contribution in [-0.4, -0.2) is 10.5 Å². The molecule has 1 atom stereocenters. The van der Waals surface area contributed by atoms with Gasteiger partial charge in [-0.05, 0) is 23.9 Å². The molecule has 0 fully saturated rings. The van der Waals surface area contributed by atoms with E-state index in [1.807, 2.05) is 11.8 Å². The van der Waals surface area contributed by atoms with Crippen LogP contribution in [0.5, 0.6) is 0 Å². The molecule has 2 nitrogen and oxygen atoms in total. The van der Waals surface area contributed by atoms with E-state index in [1.165, 1.54) is 10.4 Å². The molecule has 0 aromatic carbocycles. The lowest BCUT2D eigenvalue weighted by molar-refractivity contribution is 0.614. The molecule has 0 bridgehead atoms. The number of aryl methyl sites for hydroxylation is 1. The van der Waals surface area contributed by atoms with Gasteiger partial charge in [-0.15, -0.1) is 11.3 Å². The van der Waals surface area contributed by atoms with Gasteiger partial charge in [-0.25, -0.2) is 0 Å². The summed E-state index contributed by atoms with van der Waals surface area (Å²) in [4.78, 5) is 1.36. The second-order valence-electron chi connectivity index (χ2n) is 4.61. The second-order valence-corrected chi connectivity index (χ2v) is 7.40. The average Bonchev–Trinajstić information content (AvgIpc) is 2.52. The average molecular weight is 244 g/mol. The molecular formula is C11H20N2S2. The van der Waals surface area contributed by atoms with Gasteiger partial charge in [-0.3, -0.25) is 11.3 Å². The quantitative estimate of drug-likeness (QED) is 0.631. The number of hydrogen-bond acceptors (Lipinski definition) is 4. The van der Waals surface area contributed by atoms with Crippen molar-refractivity contribution >= 4 is 23.1 Å². The Bertz CT molecular complexity index is 302. The van der Waals surface area contributed by atoms with E-state index >= 15 is 0 Å². The van der Waals surface area contributed by atoms with E-state index in [-0.39, 0.29) is 6.04 Å². The van der Waals surface area contributed by atoms with Crippen LogP contribution in [0.2, 0.25) is 0 Å². The Balaban J connectivity index is 2.61. The van der Waals surface area contributed by atoms with Crippen molar-refractivity contribution in [2.75, 3.05) is 5.75 Å². The molecule has 0 aliphatic rings. The van der Waals surface area contributed by atoms with Crippen molar-refractivity contribution in [2.45, 2.75) is 38.5 Å². The summed E-state index contributed by atoms with van der Waals surface area (Å²) in [5.41, 5.74) is 4.24. The molecule has 1 rings (SSSR count). The molecule has 0 saturated carbocycles. The summed E-state index contributed by atoms with van der Waals surface area (Å²) in [6, 6.07) is 2.42. The fourth-order valence-corrected chi connectivity index (χ4v) is 3.30. The van der Waals surface area contributed by atoms with Gasteiger partial charge < -0.3 is 0 Å². The van der Waals surface area contributed by atoms with Crippen LogP contribution in [-0.2, 0) is 0 Å². The zero-order chi connectivity index (χ0) is 11.5. The summed E-state index contributed by atoms with van der Waals surface area (Å²) in [7, 11) is 0. The van der Waals surface area contributed by atoms with Gasteiger partial charge in [0, 0.05) is 15.4 Å². The van der Waals surface area contributed by atoms with Gasteiger partial charge in [0.05, 0.1) is 6.04 Å². The number of hydrazine groups is 1. The molecular weight excluding hydrogens is 224 g/mol. The zero-order valence-electron chi connectivity index (χ0n) is 9.83. The standard InChI is InChI=1S/C11H20N2S2/c1-8-5-6-14-10(8)9(13-12)7-15-11(2,3)4/h5-6,9,13H,7,12H2,1-4H3. The Morgan fingerprint density at radius 3 is 2.60 bits per heavy atom. The Morgan fingerprint density at radius 2 is 2.20 bits per heavy atom. The van der Waals surface area contributed by atoms with Gasteiger partial charge in [0.1, 0.15) is 0 Å². The molecule has 0 radical (unpaired) electrons. The minimum atomic E-state index is 0.272. The lowest BCUT2D eigenvalue weighted by Gasteiger charge is -2.22. The van der Waals surface area contributed by atoms with Crippen molar-refractivity contribution in [1.29, 1.82) is 0 Å². The van der Waals surface area contributed by atoms with E-state index in [2.05, 4.69) is 44.6 Å². The number of thioether (sulfide) groups is 1. The minimum absolute atomic E-state index is 0.272. The molecule has 1 aromatic rings. The topological polar surface area (TPSA) is 38.0 Å². The molecule has 4 heteroatoms. The lowest BCUT2D eigenvalue weighted by Crippen LogP contribution is -2.30. The zero-order valence-corrected chi connectivity index (χ0v) is 11.5. The highest BCUT2D eigenvalue weighted by Gasteiger charge is 2.18. The van der Waals surface area contributed by atoms with Crippen LogP contribution in [0.3, 0.4) is 0 Å². The molecule has 0 aliphatic heterocycles. The van der Waals surface area contributed by atoms with Crippen molar-refractivity contribution in [3.63, 3.8) is 0 Å². The number of nitrogens with two attached hydrogens (primary N) is 1. The molecule has 3 N–H and O–H groups in total. The van der Waals surface area contributed by atoms with Gasteiger partial charge in [0.25, 0.3) is 0 Å². The van der Waals surface area contributed by atoms with E-state index in [1.54, 1.807) is 11.3 Å². The van der Waals surface area contributed by atoms with Crippen molar-refractivity contribution < 1.29 is 0 Å². The fourth-order valence-electron chi connectivity index (χ4n) is 1.27. The highest BCUT2D eigenvalue weighted by Crippen LogP contribution is 2.31. The highest BCUT2D eigenvalue weighted by molar-refractivity contribution is 8.00. The summed E-state index contributed by atoms with van der Waals surface area (Å²) >= 11 is 3.71. The van der Waals surface area contributed by atoms with E-state index < -0.39 is 0 Å². The van der Waals surface area contributed by atoms with Gasteiger partial charge in [0.2, 0.25) is 0 Å². The van der Waals surface area contributed by atoms with Gasteiger partial charge in [-0.2, -0.15) is 11.8 Å². The third kappa shape index (κ3) is 4.15. The second kappa shape index (κ2) is 5.34. The van der Waals surface area contributed by atoms with Crippen molar-refractivity contribution in [2.24, 2.45) is 5.84 Å². The van der Waals surface area contributed by atoms with Crippen LogP contribution in [0, 0.1) is 6.92 Å². The maximum absolute atomic E-state index is 5.61. The van der Waals surface area contributed by atoms with E-state index in [9.17, 15) is 0 Å². The van der Waals surface area contributed by atoms with Gasteiger partial charge in [0.15, 0.2) is 0 Å². The number of nitrogens with one attached hydrogen (secondary N) is 1. The molecule has 0 saturated heterocycles. The summed E-state index contributed by atoms with van der Waals surface area (Å²) in [6.07, 6.45) is 0. The summed E-state index contributed by atoms with van der Waals surface area (Å²) in [5, 5.41) is 2.12. The largest absolute Gasteiger partial charge is 0.271 e. The first-order chi connectivity index (χ1) is 6.94. The molecule has 1 heterocycles. The first kappa shape index (κ1) is 13.0. The highest BCUT2D eigenvalue weighted by atomic mass is 32.2. The molecule has 0 amide bonds. The summed E-state index contributed by atoms with van der Waals surface area (Å²) < 4.78 is 0.292. The van der Waals surface area contributed by atoms with Crippen LogP contribution in [0.1, 0.15) is 37.3 Å². The monoisotopic (exact) mass is 244 g/mol. The number of thiophene rings is 1. The van der Waals surface area contributed by atoms with Crippen LogP contribution >= 0.6 is 23.1 Å². The van der Waals surface area contributed by atoms with E-state index in [0.29, 0.717) is 4.75 Å². The predicted octanol–water partition coefficient (Wildman–Crippen LogP) is 3.09. The van der Waals surface area contributed by atoms with Crippen LogP contribution in [0.4, 0.5) is 0 Å². The van der Waals surface area contributed by atoms with Crippen molar-refractivity contribution in [3.05, 3.63) is 21.9 Å². The minimum Gasteiger partial charge on any atom is -0.271 e. The lowest BCUT2D eigenvalue weighted by atomic mass is 10.2. The SMILES string of the molecule is Cc1ccsc1C(CSC(C)(C)C)NN. The maximum atomic E-state index is 5.61. The van der Waals surface area contributed by atoms with Crippen LogP contribution < -0.4 is 11.3 Å². The summed E-state index contributed by atoms with van der Waals surface area (Å²) in [6.45, 7) is 8.82. The number of hydrogen-bond donors (Lipinski definition) is 2. The molecule has 15 heavy (non-hydrogen) atoms. The summed E-state index contributed by atoms with van der Waals surface area (Å²) in [5.74, 6) is 6.62. The molecule has 1 unspecified atom stereocenters. The van der Waals surface area contributed by atoms with Crippen molar-refractivity contribution in [3.8, 4) is 0 Å². The maximum Gasteiger partial charge on any atom is 0.0646 e. The van der Waals surface area contributed by atoms with Crippen LogP contribution in [0.15, 0.2) is 11.4 Å². The number of rotatable bonds is 4. The molecule has 86 valence electrons. The van der Waals surface area contributed by atoms with Crippen molar-refractivity contribution in [1.82, 2.24) is 5.43 Å². The molecule has 0 spiro atoms. The fraction of sp³-hybridized carbons (Fsp3) is 0.636. The Kier molecular flexibility index (Phi) is 4.64. The Labute approximate surface area is 101 Å². The third-order valence-electron chi connectivity index (χ3n) is 2.10. The Morgan fingerprint density at radius 1 is 1.53 bits per heavy atom. The first-order valence-corrected chi connectivity index (χ1v) is 6.94. The molecule has 0 aliphatic carbocycles. The van der Waals surface area contributed by atoms with Gasteiger partial charge in [-0.1, -0.05) is 20.8 Å². The molecule has 1 aromatic heterocycles. The Hall–Kier alpha value is -0.0300. The normalized spacial score (nSPS) is 14.2. The van der Waals surface area contributed by atoms with E-state index in [4.69, 9.17) is 5.84 Å². The van der Waals surface area contributed by atoms with Gasteiger partial charge >= 0.3 is 0 Å². The van der Waals surface area contributed by atoms with Crippen LogP contribution in [0.25, 0.3) is 0 Å². The predicted molar refractivity (Wildman–Crippen MR) is 71.3 cm³/mol. The van der Waals surface area contributed by atoms with E-state index in [0.717, 1.165) is 5.75 Å². The third-order valence-corrected chi connectivity index (χ3v) is 4.60. The smallest absolute Gasteiger partial charge is 0.0646 e.